The molecule has 21 heavy (non-hydrogen) atoms. The summed E-state index contributed by atoms with van der Waals surface area (Å²) in [6, 6.07) is 16.5. The van der Waals surface area contributed by atoms with E-state index in [1.807, 2.05) is 36.4 Å². The largest absolute Gasteiger partial charge is 0.496 e. The second kappa shape index (κ2) is 7.70. The SMILES string of the molecule is COc1ccccc1CCNC(C)c1ccccc1OC. The molecule has 0 heterocycles. The predicted molar refractivity (Wildman–Crippen MR) is 86.1 cm³/mol. The van der Waals surface area contributed by atoms with Crippen LogP contribution in [0.5, 0.6) is 11.5 Å². The van der Waals surface area contributed by atoms with Crippen LogP contribution in [0.3, 0.4) is 0 Å². The Morgan fingerprint density at radius 2 is 1.52 bits per heavy atom. The minimum atomic E-state index is 0.246. The maximum Gasteiger partial charge on any atom is 0.123 e. The van der Waals surface area contributed by atoms with Crippen LogP contribution in [-0.2, 0) is 6.42 Å². The third kappa shape index (κ3) is 3.99. The molecule has 0 spiro atoms. The Morgan fingerprint density at radius 3 is 2.24 bits per heavy atom. The Bertz CT molecular complexity index is 569. The van der Waals surface area contributed by atoms with Gasteiger partial charge in [0.15, 0.2) is 0 Å². The zero-order valence-electron chi connectivity index (χ0n) is 12.9. The number of methoxy groups -OCH3 is 2. The Labute approximate surface area is 126 Å². The molecule has 3 nitrogen and oxygen atoms in total. The van der Waals surface area contributed by atoms with Crippen molar-refractivity contribution in [1.82, 2.24) is 5.32 Å². The van der Waals surface area contributed by atoms with Crippen LogP contribution in [0.1, 0.15) is 24.1 Å². The molecule has 0 aliphatic rings. The van der Waals surface area contributed by atoms with Crippen LogP contribution >= 0.6 is 0 Å². The molecule has 3 heteroatoms. The summed E-state index contributed by atoms with van der Waals surface area (Å²) in [4.78, 5) is 0. The van der Waals surface area contributed by atoms with Gasteiger partial charge in [-0.05, 0) is 37.6 Å². The molecule has 1 unspecified atom stereocenters. The molecule has 2 aromatic rings. The van der Waals surface area contributed by atoms with Crippen molar-refractivity contribution in [2.75, 3.05) is 20.8 Å². The number of para-hydroxylation sites is 2. The lowest BCUT2D eigenvalue weighted by Gasteiger charge is -2.17. The van der Waals surface area contributed by atoms with Crippen molar-refractivity contribution in [2.24, 2.45) is 0 Å². The summed E-state index contributed by atoms with van der Waals surface area (Å²) in [6.07, 6.45) is 0.934. The molecule has 0 radical (unpaired) electrons. The van der Waals surface area contributed by atoms with Gasteiger partial charge in [-0.1, -0.05) is 36.4 Å². The molecule has 0 fully saturated rings. The van der Waals surface area contributed by atoms with Crippen LogP contribution in [0.15, 0.2) is 48.5 Å². The molecule has 0 saturated heterocycles. The highest BCUT2D eigenvalue weighted by molar-refractivity contribution is 5.36. The molecule has 0 bridgehead atoms. The Hall–Kier alpha value is -2.00. The van der Waals surface area contributed by atoms with E-state index in [-0.39, 0.29) is 6.04 Å². The van der Waals surface area contributed by atoms with Crippen LogP contribution in [-0.4, -0.2) is 20.8 Å². The van der Waals surface area contributed by atoms with Gasteiger partial charge in [-0.15, -0.1) is 0 Å². The Morgan fingerprint density at radius 1 is 0.905 bits per heavy atom. The standard InChI is InChI=1S/C18H23NO2/c1-14(16-9-5-7-11-18(16)21-3)19-13-12-15-8-4-6-10-17(15)20-2/h4-11,14,19H,12-13H2,1-3H3. The van der Waals surface area contributed by atoms with E-state index < -0.39 is 0 Å². The van der Waals surface area contributed by atoms with Crippen LogP contribution in [0, 0.1) is 0 Å². The smallest absolute Gasteiger partial charge is 0.123 e. The third-order valence-electron chi connectivity index (χ3n) is 3.64. The predicted octanol–water partition coefficient (Wildman–Crippen LogP) is 3.60. The second-order valence-corrected chi connectivity index (χ2v) is 4.98. The quantitative estimate of drug-likeness (QED) is 0.843. The van der Waals surface area contributed by atoms with Crippen molar-refractivity contribution < 1.29 is 9.47 Å². The molecule has 112 valence electrons. The third-order valence-corrected chi connectivity index (χ3v) is 3.64. The van der Waals surface area contributed by atoms with E-state index in [4.69, 9.17) is 9.47 Å². The first kappa shape index (κ1) is 15.4. The van der Waals surface area contributed by atoms with Crippen LogP contribution in [0.25, 0.3) is 0 Å². The van der Waals surface area contributed by atoms with Crippen molar-refractivity contribution in [3.63, 3.8) is 0 Å². The van der Waals surface area contributed by atoms with Crippen molar-refractivity contribution in [3.8, 4) is 11.5 Å². The molecule has 1 atom stereocenters. The highest BCUT2D eigenvalue weighted by Crippen LogP contribution is 2.24. The van der Waals surface area contributed by atoms with Gasteiger partial charge in [0.25, 0.3) is 0 Å². The fraction of sp³-hybridized carbons (Fsp3) is 0.333. The van der Waals surface area contributed by atoms with E-state index in [0.717, 1.165) is 24.5 Å². The summed E-state index contributed by atoms with van der Waals surface area (Å²) in [7, 11) is 3.42. The van der Waals surface area contributed by atoms with E-state index >= 15 is 0 Å². The maximum atomic E-state index is 5.41. The normalized spacial score (nSPS) is 12.0. The van der Waals surface area contributed by atoms with Crippen LogP contribution in [0.2, 0.25) is 0 Å². The van der Waals surface area contributed by atoms with E-state index in [2.05, 4.69) is 24.4 Å². The highest BCUT2D eigenvalue weighted by atomic mass is 16.5. The lowest BCUT2D eigenvalue weighted by Crippen LogP contribution is -2.22. The molecule has 0 saturated carbocycles. The zero-order valence-corrected chi connectivity index (χ0v) is 12.9. The van der Waals surface area contributed by atoms with E-state index in [0.29, 0.717) is 0 Å². The van der Waals surface area contributed by atoms with Gasteiger partial charge in [0.1, 0.15) is 11.5 Å². The number of nitrogens with one attached hydrogen (secondary N) is 1. The van der Waals surface area contributed by atoms with Gasteiger partial charge in [-0.3, -0.25) is 0 Å². The van der Waals surface area contributed by atoms with Gasteiger partial charge in [0, 0.05) is 11.6 Å². The van der Waals surface area contributed by atoms with Gasteiger partial charge in [-0.2, -0.15) is 0 Å². The number of hydrogen-bond donors (Lipinski definition) is 1. The summed E-state index contributed by atoms with van der Waals surface area (Å²) < 4.78 is 10.8. The van der Waals surface area contributed by atoms with Crippen molar-refractivity contribution in [3.05, 3.63) is 59.7 Å². The average molecular weight is 285 g/mol. The minimum absolute atomic E-state index is 0.246. The van der Waals surface area contributed by atoms with E-state index in [9.17, 15) is 0 Å². The molecular weight excluding hydrogens is 262 g/mol. The number of hydrogen-bond acceptors (Lipinski definition) is 3. The summed E-state index contributed by atoms with van der Waals surface area (Å²) in [5, 5.41) is 3.54. The molecular formula is C18H23NO2. The van der Waals surface area contributed by atoms with Gasteiger partial charge in [-0.25, -0.2) is 0 Å². The van der Waals surface area contributed by atoms with Crippen LogP contribution in [0.4, 0.5) is 0 Å². The first-order valence-corrected chi connectivity index (χ1v) is 7.24. The molecule has 2 rings (SSSR count). The maximum absolute atomic E-state index is 5.41. The van der Waals surface area contributed by atoms with Gasteiger partial charge in [0.2, 0.25) is 0 Å². The average Bonchev–Trinajstić information content (AvgIpc) is 2.55. The first-order valence-electron chi connectivity index (χ1n) is 7.24. The molecule has 2 aromatic carbocycles. The lowest BCUT2D eigenvalue weighted by molar-refractivity contribution is 0.400. The summed E-state index contributed by atoms with van der Waals surface area (Å²) in [6.45, 7) is 3.04. The monoisotopic (exact) mass is 285 g/mol. The molecule has 0 amide bonds. The van der Waals surface area contributed by atoms with Crippen molar-refractivity contribution in [1.29, 1.82) is 0 Å². The lowest BCUT2D eigenvalue weighted by atomic mass is 10.1. The minimum Gasteiger partial charge on any atom is -0.496 e. The first-order chi connectivity index (χ1) is 10.3. The summed E-state index contributed by atoms with van der Waals surface area (Å²) in [5.74, 6) is 1.87. The molecule has 0 aliphatic heterocycles. The van der Waals surface area contributed by atoms with E-state index in [1.54, 1.807) is 14.2 Å². The topological polar surface area (TPSA) is 30.5 Å². The zero-order chi connectivity index (χ0) is 15.1. The van der Waals surface area contributed by atoms with Crippen molar-refractivity contribution in [2.45, 2.75) is 19.4 Å². The van der Waals surface area contributed by atoms with Crippen LogP contribution < -0.4 is 14.8 Å². The summed E-state index contributed by atoms with van der Waals surface area (Å²) in [5.41, 5.74) is 2.40. The van der Waals surface area contributed by atoms with Gasteiger partial charge >= 0.3 is 0 Å². The molecule has 1 N–H and O–H groups in total. The number of ether oxygens (including phenoxy) is 2. The van der Waals surface area contributed by atoms with Gasteiger partial charge < -0.3 is 14.8 Å². The fourth-order valence-corrected chi connectivity index (χ4v) is 2.47. The molecule has 0 aromatic heterocycles. The summed E-state index contributed by atoms with van der Waals surface area (Å²) >= 11 is 0. The fourth-order valence-electron chi connectivity index (χ4n) is 2.47. The Kier molecular flexibility index (Phi) is 5.64. The second-order valence-electron chi connectivity index (χ2n) is 4.98. The van der Waals surface area contributed by atoms with E-state index in [1.165, 1.54) is 11.1 Å². The van der Waals surface area contributed by atoms with Gasteiger partial charge in [0.05, 0.1) is 14.2 Å². The van der Waals surface area contributed by atoms with Crippen molar-refractivity contribution >= 4 is 0 Å². The highest BCUT2D eigenvalue weighted by Gasteiger charge is 2.10. The molecule has 0 aliphatic carbocycles. The Balaban J connectivity index is 1.94. The number of benzene rings is 2. The number of rotatable bonds is 7.